The van der Waals surface area contributed by atoms with Gasteiger partial charge in [0, 0.05) is 12.8 Å². The van der Waals surface area contributed by atoms with E-state index in [0.29, 0.717) is 19.1 Å². The minimum atomic E-state index is -0.0294. The van der Waals surface area contributed by atoms with Crippen LogP contribution in [0.2, 0.25) is 0 Å². The van der Waals surface area contributed by atoms with Crippen LogP contribution in [0.4, 0.5) is 0 Å². The Kier molecular flexibility index (Phi) is 7.99. The van der Waals surface area contributed by atoms with Crippen LogP contribution in [0.1, 0.15) is 32.1 Å². The van der Waals surface area contributed by atoms with Crippen molar-refractivity contribution in [2.45, 2.75) is 32.1 Å². The van der Waals surface area contributed by atoms with E-state index in [1.54, 1.807) is 0 Å². The molecule has 0 amide bonds. The number of rotatable bonds is 8. The van der Waals surface area contributed by atoms with Gasteiger partial charge in [-0.15, -0.1) is 0 Å². The molecule has 0 aliphatic carbocycles. The molecule has 0 aromatic carbocycles. The SMILES string of the molecule is O=CC=CC(=O)CCCCCC=O. The van der Waals surface area contributed by atoms with E-state index >= 15 is 0 Å². The molecule has 0 radical (unpaired) electrons. The monoisotopic (exact) mass is 182 g/mol. The molecular formula is C10H14O3. The Balaban J connectivity index is 3.31. The second-order valence-corrected chi connectivity index (χ2v) is 2.73. The van der Waals surface area contributed by atoms with E-state index in [1.807, 2.05) is 0 Å². The molecule has 0 fully saturated rings. The molecule has 0 aromatic heterocycles. The molecule has 0 aliphatic heterocycles. The zero-order valence-electron chi connectivity index (χ0n) is 7.57. The number of allylic oxidation sites excluding steroid dienone is 2. The molecule has 13 heavy (non-hydrogen) atoms. The van der Waals surface area contributed by atoms with E-state index in [-0.39, 0.29) is 5.78 Å². The van der Waals surface area contributed by atoms with E-state index in [4.69, 9.17) is 0 Å². The van der Waals surface area contributed by atoms with Crippen molar-refractivity contribution in [3.8, 4) is 0 Å². The molecule has 0 N–H and O–H groups in total. The van der Waals surface area contributed by atoms with Crippen LogP contribution in [0.3, 0.4) is 0 Å². The van der Waals surface area contributed by atoms with Crippen molar-refractivity contribution in [1.82, 2.24) is 0 Å². The zero-order chi connectivity index (χ0) is 9.94. The summed E-state index contributed by atoms with van der Waals surface area (Å²) in [6.07, 6.45) is 7.50. The fraction of sp³-hybridized carbons (Fsp3) is 0.500. The highest BCUT2D eigenvalue weighted by atomic mass is 16.1. The molecule has 0 aliphatic rings. The van der Waals surface area contributed by atoms with E-state index in [0.717, 1.165) is 25.5 Å². The summed E-state index contributed by atoms with van der Waals surface area (Å²) in [6.45, 7) is 0. The van der Waals surface area contributed by atoms with Crippen LogP contribution >= 0.6 is 0 Å². The molecule has 0 aromatic rings. The number of aldehydes is 2. The van der Waals surface area contributed by atoms with Crippen LogP contribution in [0.25, 0.3) is 0 Å². The lowest BCUT2D eigenvalue weighted by Gasteiger charge is -1.94. The van der Waals surface area contributed by atoms with Crippen molar-refractivity contribution in [2.24, 2.45) is 0 Å². The quantitative estimate of drug-likeness (QED) is 0.324. The van der Waals surface area contributed by atoms with Gasteiger partial charge in [-0.3, -0.25) is 9.59 Å². The highest BCUT2D eigenvalue weighted by Crippen LogP contribution is 2.02. The fourth-order valence-electron chi connectivity index (χ4n) is 0.934. The Morgan fingerprint density at radius 1 is 1.08 bits per heavy atom. The maximum atomic E-state index is 10.9. The van der Waals surface area contributed by atoms with Gasteiger partial charge in [-0.25, -0.2) is 0 Å². The second kappa shape index (κ2) is 8.84. The first-order valence-corrected chi connectivity index (χ1v) is 4.39. The van der Waals surface area contributed by atoms with Gasteiger partial charge in [-0.05, 0) is 25.0 Å². The van der Waals surface area contributed by atoms with Gasteiger partial charge in [-0.1, -0.05) is 6.42 Å². The largest absolute Gasteiger partial charge is 0.303 e. The normalized spacial score (nSPS) is 10.2. The number of ketones is 1. The van der Waals surface area contributed by atoms with Crippen molar-refractivity contribution in [2.75, 3.05) is 0 Å². The Morgan fingerprint density at radius 2 is 1.85 bits per heavy atom. The Morgan fingerprint density at radius 3 is 2.46 bits per heavy atom. The predicted octanol–water partition coefficient (Wildman–Crippen LogP) is 1.46. The number of carbonyl (C=O) groups is 3. The summed E-state index contributed by atoms with van der Waals surface area (Å²) < 4.78 is 0. The lowest BCUT2D eigenvalue weighted by Crippen LogP contribution is -1.92. The predicted molar refractivity (Wildman–Crippen MR) is 49.4 cm³/mol. The van der Waals surface area contributed by atoms with E-state index in [1.165, 1.54) is 12.2 Å². The van der Waals surface area contributed by atoms with Gasteiger partial charge in [0.15, 0.2) is 5.78 Å². The Bertz CT molecular complexity index is 194. The molecule has 3 nitrogen and oxygen atoms in total. The maximum Gasteiger partial charge on any atom is 0.155 e. The van der Waals surface area contributed by atoms with Gasteiger partial charge < -0.3 is 4.79 Å². The van der Waals surface area contributed by atoms with E-state index in [2.05, 4.69) is 0 Å². The lowest BCUT2D eigenvalue weighted by atomic mass is 10.1. The zero-order valence-corrected chi connectivity index (χ0v) is 7.57. The van der Waals surface area contributed by atoms with Crippen molar-refractivity contribution in [3.63, 3.8) is 0 Å². The number of hydrogen-bond acceptors (Lipinski definition) is 3. The topological polar surface area (TPSA) is 51.2 Å². The first-order chi connectivity index (χ1) is 6.31. The van der Waals surface area contributed by atoms with Crippen molar-refractivity contribution >= 4 is 18.4 Å². The molecule has 0 bridgehead atoms. The average molecular weight is 182 g/mol. The molecule has 72 valence electrons. The van der Waals surface area contributed by atoms with Gasteiger partial charge in [0.2, 0.25) is 0 Å². The van der Waals surface area contributed by atoms with Crippen LogP contribution in [0, 0.1) is 0 Å². The molecule has 0 saturated heterocycles. The fourth-order valence-corrected chi connectivity index (χ4v) is 0.934. The average Bonchev–Trinajstić information content (AvgIpc) is 2.14. The van der Waals surface area contributed by atoms with Gasteiger partial charge in [0.05, 0.1) is 0 Å². The third-order valence-electron chi connectivity index (χ3n) is 1.61. The van der Waals surface area contributed by atoms with Crippen LogP contribution in [-0.4, -0.2) is 18.4 Å². The maximum absolute atomic E-state index is 10.9. The van der Waals surface area contributed by atoms with Crippen molar-refractivity contribution in [1.29, 1.82) is 0 Å². The molecule has 3 heteroatoms. The molecular weight excluding hydrogens is 168 g/mol. The van der Waals surface area contributed by atoms with Gasteiger partial charge in [0.1, 0.15) is 12.6 Å². The second-order valence-electron chi connectivity index (χ2n) is 2.73. The third kappa shape index (κ3) is 8.66. The standard InChI is InChI=1S/C10H14O3/c11-8-4-2-1-3-6-10(13)7-5-9-12/h5,7-9H,1-4,6H2. The Labute approximate surface area is 77.8 Å². The first kappa shape index (κ1) is 11.8. The Hall–Kier alpha value is -1.25. The molecule has 0 rings (SSSR count). The summed E-state index contributed by atoms with van der Waals surface area (Å²) in [5.41, 5.74) is 0. The van der Waals surface area contributed by atoms with Crippen molar-refractivity contribution < 1.29 is 14.4 Å². The summed E-state index contributed by atoms with van der Waals surface area (Å²) >= 11 is 0. The summed E-state index contributed by atoms with van der Waals surface area (Å²) in [7, 11) is 0. The summed E-state index contributed by atoms with van der Waals surface area (Å²) in [4.78, 5) is 30.7. The molecule has 0 spiro atoms. The van der Waals surface area contributed by atoms with Crippen LogP contribution < -0.4 is 0 Å². The number of hydrogen-bond donors (Lipinski definition) is 0. The highest BCUT2D eigenvalue weighted by molar-refractivity contribution is 5.92. The smallest absolute Gasteiger partial charge is 0.155 e. The minimum absolute atomic E-state index is 0.0294. The number of unbranched alkanes of at least 4 members (excludes halogenated alkanes) is 3. The summed E-state index contributed by atoms with van der Waals surface area (Å²) in [5, 5.41) is 0. The van der Waals surface area contributed by atoms with E-state index in [9.17, 15) is 14.4 Å². The number of carbonyl (C=O) groups excluding carboxylic acids is 3. The van der Waals surface area contributed by atoms with Crippen LogP contribution in [0.15, 0.2) is 12.2 Å². The minimum Gasteiger partial charge on any atom is -0.303 e. The third-order valence-corrected chi connectivity index (χ3v) is 1.61. The van der Waals surface area contributed by atoms with Gasteiger partial charge >= 0.3 is 0 Å². The molecule has 0 atom stereocenters. The molecule has 0 heterocycles. The summed E-state index contributed by atoms with van der Waals surface area (Å²) in [6, 6.07) is 0. The lowest BCUT2D eigenvalue weighted by molar-refractivity contribution is -0.115. The van der Waals surface area contributed by atoms with Gasteiger partial charge in [0.25, 0.3) is 0 Å². The van der Waals surface area contributed by atoms with Crippen LogP contribution in [0.5, 0.6) is 0 Å². The van der Waals surface area contributed by atoms with Crippen LogP contribution in [-0.2, 0) is 14.4 Å². The van der Waals surface area contributed by atoms with E-state index < -0.39 is 0 Å². The highest BCUT2D eigenvalue weighted by Gasteiger charge is 1.95. The molecule has 0 saturated carbocycles. The molecule has 0 unspecified atom stereocenters. The summed E-state index contributed by atoms with van der Waals surface area (Å²) in [5.74, 6) is -0.0294. The van der Waals surface area contributed by atoms with Gasteiger partial charge in [-0.2, -0.15) is 0 Å². The first-order valence-electron chi connectivity index (χ1n) is 4.39. The van der Waals surface area contributed by atoms with Crippen molar-refractivity contribution in [3.05, 3.63) is 12.2 Å².